The SMILES string of the molecule is COc1cccc([C@H]2Oc3ccccc3C3=C2[C@@H](c2ccc(C)cc2)n2ncnc2N3)c1. The highest BCUT2D eigenvalue weighted by Gasteiger charge is 2.40. The van der Waals surface area contributed by atoms with Crippen molar-refractivity contribution in [1.82, 2.24) is 14.8 Å². The maximum absolute atomic E-state index is 6.64. The van der Waals surface area contributed by atoms with Gasteiger partial charge in [0.05, 0.1) is 12.8 Å². The number of para-hydroxylation sites is 1. The van der Waals surface area contributed by atoms with Crippen LogP contribution in [-0.4, -0.2) is 21.9 Å². The van der Waals surface area contributed by atoms with Gasteiger partial charge in [0.25, 0.3) is 0 Å². The molecule has 2 aliphatic rings. The minimum atomic E-state index is -0.314. The summed E-state index contributed by atoms with van der Waals surface area (Å²) < 4.78 is 14.1. The van der Waals surface area contributed by atoms with E-state index in [0.29, 0.717) is 0 Å². The Hall–Kier alpha value is -4.06. The summed E-state index contributed by atoms with van der Waals surface area (Å²) >= 11 is 0. The molecule has 0 radical (unpaired) electrons. The lowest BCUT2D eigenvalue weighted by Crippen LogP contribution is -2.32. The van der Waals surface area contributed by atoms with E-state index in [9.17, 15) is 0 Å². The Bertz CT molecular complexity index is 1340. The van der Waals surface area contributed by atoms with Gasteiger partial charge in [0.1, 0.15) is 30.0 Å². The van der Waals surface area contributed by atoms with Gasteiger partial charge in [0.15, 0.2) is 0 Å². The molecule has 0 saturated carbocycles. The van der Waals surface area contributed by atoms with Crippen LogP contribution in [0.2, 0.25) is 0 Å². The summed E-state index contributed by atoms with van der Waals surface area (Å²) in [6.07, 6.45) is 1.28. The van der Waals surface area contributed by atoms with Crippen LogP contribution in [0.5, 0.6) is 11.5 Å². The number of hydrogen-bond donors (Lipinski definition) is 1. The van der Waals surface area contributed by atoms with Crippen LogP contribution in [0.3, 0.4) is 0 Å². The van der Waals surface area contributed by atoms with Crippen LogP contribution in [0.15, 0.2) is 84.7 Å². The maximum Gasteiger partial charge on any atom is 0.226 e. The van der Waals surface area contributed by atoms with Crippen molar-refractivity contribution < 1.29 is 9.47 Å². The van der Waals surface area contributed by atoms with Gasteiger partial charge in [-0.1, -0.05) is 54.1 Å². The highest BCUT2D eigenvalue weighted by Crippen LogP contribution is 2.50. The van der Waals surface area contributed by atoms with Crippen LogP contribution < -0.4 is 14.8 Å². The molecule has 158 valence electrons. The lowest BCUT2D eigenvalue weighted by Gasteiger charge is -2.39. The predicted octanol–water partition coefficient (Wildman–Crippen LogP) is 5.16. The first-order valence-electron chi connectivity index (χ1n) is 10.6. The minimum Gasteiger partial charge on any atom is -0.497 e. The number of hydrogen-bond acceptors (Lipinski definition) is 5. The largest absolute Gasteiger partial charge is 0.497 e. The molecule has 6 nitrogen and oxygen atoms in total. The van der Waals surface area contributed by atoms with E-state index in [4.69, 9.17) is 9.47 Å². The van der Waals surface area contributed by atoms with Crippen molar-refractivity contribution in [3.63, 3.8) is 0 Å². The van der Waals surface area contributed by atoms with Crippen molar-refractivity contribution in [1.29, 1.82) is 0 Å². The van der Waals surface area contributed by atoms with Gasteiger partial charge in [0.2, 0.25) is 5.95 Å². The molecule has 0 bridgehead atoms. The van der Waals surface area contributed by atoms with E-state index in [2.05, 4.69) is 58.7 Å². The normalized spacial score (nSPS) is 18.7. The Morgan fingerprint density at radius 3 is 2.66 bits per heavy atom. The predicted molar refractivity (Wildman–Crippen MR) is 123 cm³/mol. The van der Waals surface area contributed by atoms with Gasteiger partial charge in [0, 0.05) is 16.7 Å². The van der Waals surface area contributed by atoms with Gasteiger partial charge in [-0.05, 0) is 36.8 Å². The molecule has 0 spiro atoms. The third-order valence-corrected chi connectivity index (χ3v) is 6.11. The molecule has 0 fully saturated rings. The molecule has 3 heterocycles. The summed E-state index contributed by atoms with van der Waals surface area (Å²) in [6.45, 7) is 2.09. The average Bonchev–Trinajstić information content (AvgIpc) is 3.31. The zero-order chi connectivity index (χ0) is 21.7. The second-order valence-electron chi connectivity index (χ2n) is 8.07. The van der Waals surface area contributed by atoms with Crippen LogP contribution in [0, 0.1) is 6.92 Å². The molecule has 4 aromatic rings. The molecule has 3 aromatic carbocycles. The molecule has 32 heavy (non-hydrogen) atoms. The van der Waals surface area contributed by atoms with Gasteiger partial charge in [-0.15, -0.1) is 0 Å². The number of fused-ring (bicyclic) bond motifs is 3. The van der Waals surface area contributed by atoms with E-state index in [-0.39, 0.29) is 12.1 Å². The van der Waals surface area contributed by atoms with Crippen molar-refractivity contribution in [2.45, 2.75) is 19.1 Å². The third kappa shape index (κ3) is 2.87. The minimum absolute atomic E-state index is 0.158. The topological polar surface area (TPSA) is 61.2 Å². The number of aromatic nitrogens is 3. The number of methoxy groups -OCH3 is 1. The lowest BCUT2D eigenvalue weighted by molar-refractivity contribution is 0.222. The zero-order valence-corrected chi connectivity index (χ0v) is 17.8. The highest BCUT2D eigenvalue weighted by atomic mass is 16.5. The number of rotatable bonds is 3. The van der Waals surface area contributed by atoms with Crippen molar-refractivity contribution in [2.75, 3.05) is 12.4 Å². The molecule has 2 aliphatic heterocycles. The van der Waals surface area contributed by atoms with E-state index in [1.165, 1.54) is 5.56 Å². The first kappa shape index (κ1) is 18.7. The Labute approximate surface area is 186 Å². The Balaban J connectivity index is 1.62. The van der Waals surface area contributed by atoms with E-state index in [0.717, 1.165) is 45.4 Å². The Morgan fingerprint density at radius 2 is 1.81 bits per heavy atom. The highest BCUT2D eigenvalue weighted by molar-refractivity contribution is 5.85. The quantitative estimate of drug-likeness (QED) is 0.494. The zero-order valence-electron chi connectivity index (χ0n) is 17.8. The Kier molecular flexibility index (Phi) is 4.24. The second kappa shape index (κ2) is 7.27. The molecule has 0 amide bonds. The number of aryl methyl sites for hydroxylation is 1. The van der Waals surface area contributed by atoms with Gasteiger partial charge in [-0.25, -0.2) is 4.68 Å². The smallest absolute Gasteiger partial charge is 0.226 e. The van der Waals surface area contributed by atoms with Crippen LogP contribution in [0.1, 0.15) is 34.4 Å². The number of nitrogens with zero attached hydrogens (tertiary/aromatic N) is 3. The molecule has 0 saturated heterocycles. The summed E-state index contributed by atoms with van der Waals surface area (Å²) in [4.78, 5) is 4.48. The van der Waals surface area contributed by atoms with Crippen molar-refractivity contribution in [2.24, 2.45) is 0 Å². The van der Waals surface area contributed by atoms with Crippen molar-refractivity contribution in [3.8, 4) is 11.5 Å². The fourth-order valence-electron chi connectivity index (χ4n) is 4.57. The number of ether oxygens (including phenoxy) is 2. The lowest BCUT2D eigenvalue weighted by atomic mass is 9.84. The standard InChI is InChI=1S/C26H22N4O2/c1-16-10-12-17(13-11-16)24-22-23(29-26-27-15-28-30(24)26)20-8-3-4-9-21(20)32-25(22)18-6-5-7-19(14-18)31-2/h3-15,24-25H,1-2H3,(H,27,28,29)/t24-,25-/m1/s1. The van der Waals surface area contributed by atoms with Crippen LogP contribution >= 0.6 is 0 Å². The number of anilines is 1. The van der Waals surface area contributed by atoms with Gasteiger partial charge >= 0.3 is 0 Å². The molecule has 2 atom stereocenters. The Morgan fingerprint density at radius 1 is 0.969 bits per heavy atom. The van der Waals surface area contributed by atoms with E-state index in [1.807, 2.05) is 41.1 Å². The molecule has 1 N–H and O–H groups in total. The maximum atomic E-state index is 6.64. The summed E-state index contributed by atoms with van der Waals surface area (Å²) in [7, 11) is 1.68. The summed E-state index contributed by atoms with van der Waals surface area (Å²) in [5.74, 6) is 2.35. The molecule has 1 aromatic heterocycles. The van der Waals surface area contributed by atoms with Gasteiger partial charge in [-0.3, -0.25) is 0 Å². The fourth-order valence-corrected chi connectivity index (χ4v) is 4.57. The first-order valence-corrected chi connectivity index (χ1v) is 10.6. The monoisotopic (exact) mass is 422 g/mol. The average molecular weight is 422 g/mol. The molecule has 0 aliphatic carbocycles. The first-order chi connectivity index (χ1) is 15.7. The molecule has 6 rings (SSSR count). The van der Waals surface area contributed by atoms with Gasteiger partial charge in [-0.2, -0.15) is 10.1 Å². The summed E-state index contributed by atoms with van der Waals surface area (Å²) in [5, 5.41) is 8.11. The van der Waals surface area contributed by atoms with Crippen molar-refractivity contribution >= 4 is 11.6 Å². The second-order valence-corrected chi connectivity index (χ2v) is 8.07. The van der Waals surface area contributed by atoms with Crippen LogP contribution in [-0.2, 0) is 0 Å². The van der Waals surface area contributed by atoms with E-state index in [1.54, 1.807) is 13.4 Å². The van der Waals surface area contributed by atoms with E-state index >= 15 is 0 Å². The molecular weight excluding hydrogens is 400 g/mol. The molecule has 6 heteroatoms. The number of benzene rings is 3. The third-order valence-electron chi connectivity index (χ3n) is 6.11. The van der Waals surface area contributed by atoms with Crippen LogP contribution in [0.25, 0.3) is 5.70 Å². The van der Waals surface area contributed by atoms with Gasteiger partial charge < -0.3 is 14.8 Å². The van der Waals surface area contributed by atoms with Crippen molar-refractivity contribution in [3.05, 3.63) is 107 Å². The van der Waals surface area contributed by atoms with E-state index < -0.39 is 0 Å². The molecular formula is C26H22N4O2. The summed E-state index contributed by atoms with van der Waals surface area (Å²) in [5.41, 5.74) is 6.50. The number of nitrogens with one attached hydrogen (secondary N) is 1. The summed E-state index contributed by atoms with van der Waals surface area (Å²) in [6, 6.07) is 24.6. The fraction of sp³-hybridized carbons (Fsp3) is 0.154. The molecule has 0 unspecified atom stereocenters. The van der Waals surface area contributed by atoms with Crippen LogP contribution in [0.4, 0.5) is 5.95 Å².